The Morgan fingerprint density at radius 3 is 2.76 bits per heavy atom. The summed E-state index contributed by atoms with van der Waals surface area (Å²) < 4.78 is 1.65. The largest absolute Gasteiger partial charge is 0.332 e. The third-order valence-electron chi connectivity index (χ3n) is 3.93. The van der Waals surface area contributed by atoms with Crippen LogP contribution in [0.2, 0.25) is 0 Å². The molecule has 0 bridgehead atoms. The molecule has 1 aromatic heterocycles. The average Bonchev–Trinajstić information content (AvgIpc) is 3.15. The van der Waals surface area contributed by atoms with E-state index >= 15 is 0 Å². The fraction of sp³-hybridized carbons (Fsp3) is 0.294. The molecule has 1 unspecified atom stereocenters. The number of carbonyl (C=O) groups is 1. The van der Waals surface area contributed by atoms with Gasteiger partial charge in [-0.2, -0.15) is 5.10 Å². The second kappa shape index (κ2) is 5.45. The second-order valence-corrected chi connectivity index (χ2v) is 5.33. The normalized spacial score (nSPS) is 17.7. The molecule has 106 valence electrons. The molecule has 2 heterocycles. The number of likely N-dealkylation sites (tertiary alicyclic amines) is 1. The van der Waals surface area contributed by atoms with Crippen LogP contribution in [0, 0.1) is 12.3 Å². The van der Waals surface area contributed by atoms with Crippen molar-refractivity contribution in [1.29, 1.82) is 0 Å². The van der Waals surface area contributed by atoms with E-state index in [0.29, 0.717) is 5.56 Å². The van der Waals surface area contributed by atoms with Gasteiger partial charge in [0.05, 0.1) is 17.8 Å². The second-order valence-electron chi connectivity index (χ2n) is 5.33. The molecule has 4 nitrogen and oxygen atoms in total. The topological polar surface area (TPSA) is 38.1 Å². The Morgan fingerprint density at radius 2 is 2.14 bits per heavy atom. The molecule has 0 radical (unpaired) electrons. The Kier molecular flexibility index (Phi) is 3.49. The molecule has 1 aromatic carbocycles. The van der Waals surface area contributed by atoms with E-state index in [0.717, 1.165) is 30.5 Å². The molecule has 2 aromatic rings. The molecule has 1 amide bonds. The first-order valence-electron chi connectivity index (χ1n) is 7.05. The van der Waals surface area contributed by atoms with Crippen LogP contribution in [0.3, 0.4) is 0 Å². The third-order valence-corrected chi connectivity index (χ3v) is 3.93. The van der Waals surface area contributed by atoms with Gasteiger partial charge in [0.15, 0.2) is 0 Å². The number of hydrogen-bond donors (Lipinski definition) is 0. The van der Waals surface area contributed by atoms with Crippen LogP contribution in [-0.4, -0.2) is 27.1 Å². The van der Waals surface area contributed by atoms with Crippen LogP contribution >= 0.6 is 0 Å². The van der Waals surface area contributed by atoms with Crippen LogP contribution in [-0.2, 0) is 7.05 Å². The Balaban J connectivity index is 1.85. The first-order valence-corrected chi connectivity index (χ1v) is 7.05. The van der Waals surface area contributed by atoms with Crippen molar-refractivity contribution in [3.8, 4) is 12.3 Å². The summed E-state index contributed by atoms with van der Waals surface area (Å²) in [5.41, 5.74) is 2.65. The van der Waals surface area contributed by atoms with Crippen molar-refractivity contribution >= 4 is 5.91 Å². The van der Waals surface area contributed by atoms with E-state index in [9.17, 15) is 4.79 Å². The highest BCUT2D eigenvalue weighted by atomic mass is 16.2. The van der Waals surface area contributed by atoms with Crippen molar-refractivity contribution in [3.05, 3.63) is 53.3 Å². The summed E-state index contributed by atoms with van der Waals surface area (Å²) in [6.45, 7) is 0.787. The molecule has 1 aliphatic heterocycles. The number of nitrogens with zero attached hydrogens (tertiary/aromatic N) is 3. The summed E-state index contributed by atoms with van der Waals surface area (Å²) in [5, 5.41) is 4.08. The van der Waals surface area contributed by atoms with Crippen LogP contribution in [0.25, 0.3) is 0 Å². The highest BCUT2D eigenvalue weighted by molar-refractivity contribution is 5.94. The molecular weight excluding hydrogens is 262 g/mol. The number of amides is 1. The van der Waals surface area contributed by atoms with Crippen molar-refractivity contribution in [2.45, 2.75) is 18.9 Å². The maximum atomic E-state index is 12.6. The van der Waals surface area contributed by atoms with Gasteiger partial charge in [0, 0.05) is 25.4 Å². The van der Waals surface area contributed by atoms with Gasteiger partial charge < -0.3 is 4.90 Å². The first-order chi connectivity index (χ1) is 10.2. The van der Waals surface area contributed by atoms with E-state index < -0.39 is 0 Å². The minimum atomic E-state index is 0.0478. The molecule has 1 atom stereocenters. The zero-order valence-electron chi connectivity index (χ0n) is 12.0. The lowest BCUT2D eigenvalue weighted by Crippen LogP contribution is -2.30. The zero-order chi connectivity index (χ0) is 14.8. The summed E-state index contributed by atoms with van der Waals surface area (Å²) in [4.78, 5) is 14.5. The zero-order valence-corrected chi connectivity index (χ0v) is 12.0. The smallest absolute Gasteiger partial charge is 0.257 e. The van der Waals surface area contributed by atoms with Crippen molar-refractivity contribution in [1.82, 2.24) is 14.7 Å². The van der Waals surface area contributed by atoms with Gasteiger partial charge in [-0.1, -0.05) is 18.1 Å². The summed E-state index contributed by atoms with van der Waals surface area (Å²) in [6, 6.07) is 8.04. The lowest BCUT2D eigenvalue weighted by Gasteiger charge is -2.24. The van der Waals surface area contributed by atoms with Gasteiger partial charge in [-0.05, 0) is 30.5 Å². The molecule has 1 saturated heterocycles. The molecule has 1 fully saturated rings. The minimum Gasteiger partial charge on any atom is -0.332 e. The third kappa shape index (κ3) is 2.55. The van der Waals surface area contributed by atoms with Crippen molar-refractivity contribution < 1.29 is 4.79 Å². The van der Waals surface area contributed by atoms with Gasteiger partial charge in [-0.25, -0.2) is 0 Å². The number of aromatic nitrogens is 2. The first kappa shape index (κ1) is 13.4. The number of carbonyl (C=O) groups excluding carboxylic acids is 1. The van der Waals surface area contributed by atoms with Crippen LogP contribution in [0.1, 0.15) is 40.4 Å². The molecule has 21 heavy (non-hydrogen) atoms. The van der Waals surface area contributed by atoms with E-state index in [4.69, 9.17) is 6.42 Å². The molecular formula is C17H17N3O. The Morgan fingerprint density at radius 1 is 1.38 bits per heavy atom. The van der Waals surface area contributed by atoms with Gasteiger partial charge in [-0.15, -0.1) is 6.42 Å². The summed E-state index contributed by atoms with van der Waals surface area (Å²) in [7, 11) is 1.82. The molecule has 4 heteroatoms. The van der Waals surface area contributed by atoms with Gasteiger partial charge in [-0.3, -0.25) is 9.48 Å². The summed E-state index contributed by atoms with van der Waals surface area (Å²) in [5.74, 6) is 2.66. The van der Waals surface area contributed by atoms with E-state index in [1.54, 1.807) is 17.1 Å². The van der Waals surface area contributed by atoms with Gasteiger partial charge in [0.25, 0.3) is 5.91 Å². The van der Waals surface area contributed by atoms with Gasteiger partial charge in [0.1, 0.15) is 0 Å². The van der Waals surface area contributed by atoms with Crippen LogP contribution < -0.4 is 0 Å². The fourth-order valence-corrected chi connectivity index (χ4v) is 2.86. The monoisotopic (exact) mass is 279 g/mol. The van der Waals surface area contributed by atoms with Crippen LogP contribution in [0.4, 0.5) is 0 Å². The average molecular weight is 279 g/mol. The van der Waals surface area contributed by atoms with Crippen LogP contribution in [0.5, 0.6) is 0 Å². The van der Waals surface area contributed by atoms with Crippen LogP contribution in [0.15, 0.2) is 36.7 Å². The molecule has 0 aliphatic carbocycles. The minimum absolute atomic E-state index is 0.0478. The number of rotatable bonds is 2. The fourth-order valence-electron chi connectivity index (χ4n) is 2.86. The number of benzene rings is 1. The lowest BCUT2D eigenvalue weighted by atomic mass is 10.0. The highest BCUT2D eigenvalue weighted by Crippen LogP contribution is 2.33. The Bertz CT molecular complexity index is 694. The van der Waals surface area contributed by atoms with Gasteiger partial charge >= 0.3 is 0 Å². The van der Waals surface area contributed by atoms with E-state index in [-0.39, 0.29) is 11.9 Å². The Labute approximate surface area is 124 Å². The standard InChI is InChI=1S/C17H17N3O/c1-3-13-6-8-14(9-7-13)16-5-4-10-20(16)17(21)15-11-18-19(2)12-15/h1,6-9,11-12,16H,4-5,10H2,2H3. The quantitative estimate of drug-likeness (QED) is 0.792. The van der Waals surface area contributed by atoms with E-state index in [2.05, 4.69) is 11.0 Å². The Hall–Kier alpha value is -2.54. The molecule has 3 rings (SSSR count). The van der Waals surface area contributed by atoms with Crippen molar-refractivity contribution in [2.24, 2.45) is 7.05 Å². The maximum Gasteiger partial charge on any atom is 0.257 e. The number of aryl methyl sites for hydroxylation is 1. The summed E-state index contributed by atoms with van der Waals surface area (Å²) in [6.07, 6.45) is 10.8. The lowest BCUT2D eigenvalue weighted by molar-refractivity contribution is 0.0735. The molecule has 0 spiro atoms. The molecule has 0 saturated carbocycles. The maximum absolute atomic E-state index is 12.6. The molecule has 0 N–H and O–H groups in total. The van der Waals surface area contributed by atoms with E-state index in [1.807, 2.05) is 36.2 Å². The predicted molar refractivity (Wildman–Crippen MR) is 80.6 cm³/mol. The predicted octanol–water partition coefficient (Wildman–Crippen LogP) is 2.38. The van der Waals surface area contributed by atoms with Gasteiger partial charge in [0.2, 0.25) is 0 Å². The summed E-state index contributed by atoms with van der Waals surface area (Å²) >= 11 is 0. The van der Waals surface area contributed by atoms with Crippen molar-refractivity contribution in [3.63, 3.8) is 0 Å². The SMILES string of the molecule is C#Cc1ccc(C2CCCN2C(=O)c2cnn(C)c2)cc1. The highest BCUT2D eigenvalue weighted by Gasteiger charge is 2.30. The molecule has 1 aliphatic rings. The number of terminal acetylenes is 1. The number of hydrogen-bond acceptors (Lipinski definition) is 2. The van der Waals surface area contributed by atoms with Crippen molar-refractivity contribution in [2.75, 3.05) is 6.54 Å². The van der Waals surface area contributed by atoms with E-state index in [1.165, 1.54) is 0 Å².